The number of rotatable bonds is 2. The fourth-order valence-corrected chi connectivity index (χ4v) is 1.78. The molecule has 0 atom stereocenters. The molecule has 0 aliphatic heterocycles. The average molecular weight is 287 g/mol. The first-order valence-corrected chi connectivity index (χ1v) is 6.23. The van der Waals surface area contributed by atoms with Crippen LogP contribution in [0.5, 0.6) is 5.75 Å². The van der Waals surface area contributed by atoms with Crippen molar-refractivity contribution in [1.29, 1.82) is 0 Å². The first kappa shape index (κ1) is 14.0. The molecule has 0 aromatic heterocycles. The standard InChI is InChI=1S/C14H13N3O2S/c15-17(13(19)11-8-4-5-9-12(11)18)14(20)16-10-6-2-1-3-7-10/h1-9,18H,15H2,(H,16,20). The van der Waals surface area contributed by atoms with Crippen LogP contribution in [0.1, 0.15) is 10.4 Å². The topological polar surface area (TPSA) is 78.6 Å². The summed E-state index contributed by atoms with van der Waals surface area (Å²) in [6.45, 7) is 0. The summed E-state index contributed by atoms with van der Waals surface area (Å²) in [4.78, 5) is 12.1. The molecule has 0 fully saturated rings. The van der Waals surface area contributed by atoms with Gasteiger partial charge in [-0.25, -0.2) is 10.9 Å². The van der Waals surface area contributed by atoms with E-state index in [1.54, 1.807) is 24.3 Å². The lowest BCUT2D eigenvalue weighted by Crippen LogP contribution is -2.45. The summed E-state index contributed by atoms with van der Waals surface area (Å²) >= 11 is 5.07. The molecule has 0 unspecified atom stereocenters. The van der Waals surface area contributed by atoms with Crippen molar-refractivity contribution in [1.82, 2.24) is 5.01 Å². The number of carbonyl (C=O) groups excluding carboxylic acids is 1. The van der Waals surface area contributed by atoms with Gasteiger partial charge in [0.15, 0.2) is 5.11 Å². The SMILES string of the molecule is NN(C(=O)c1ccccc1O)C(=S)Nc1ccccc1. The van der Waals surface area contributed by atoms with E-state index in [-0.39, 0.29) is 16.4 Å². The molecule has 0 bridgehead atoms. The molecular formula is C14H13N3O2S. The number of amides is 1. The van der Waals surface area contributed by atoms with Gasteiger partial charge in [-0.05, 0) is 36.5 Å². The lowest BCUT2D eigenvalue weighted by atomic mass is 10.2. The van der Waals surface area contributed by atoms with Crippen LogP contribution in [-0.4, -0.2) is 21.1 Å². The molecule has 20 heavy (non-hydrogen) atoms. The quantitative estimate of drug-likeness (QED) is 0.341. The van der Waals surface area contributed by atoms with Gasteiger partial charge >= 0.3 is 0 Å². The van der Waals surface area contributed by atoms with E-state index in [4.69, 9.17) is 18.1 Å². The smallest absolute Gasteiger partial charge is 0.278 e. The Kier molecular flexibility index (Phi) is 4.29. The number of hydrogen-bond donors (Lipinski definition) is 3. The minimum absolute atomic E-state index is 0.0458. The number of phenolic OH excluding ortho intramolecular Hbond substituents is 1. The molecule has 6 heteroatoms. The number of benzene rings is 2. The second-order valence-corrected chi connectivity index (χ2v) is 4.38. The molecule has 5 nitrogen and oxygen atoms in total. The summed E-state index contributed by atoms with van der Waals surface area (Å²) in [7, 11) is 0. The maximum absolute atomic E-state index is 12.1. The second kappa shape index (κ2) is 6.14. The number of nitrogens with zero attached hydrogens (tertiary/aromatic N) is 1. The van der Waals surface area contributed by atoms with Gasteiger partial charge in [0.1, 0.15) is 5.75 Å². The zero-order chi connectivity index (χ0) is 14.5. The third-order valence-corrected chi connectivity index (χ3v) is 2.90. The molecule has 1 amide bonds. The Balaban J connectivity index is 2.11. The van der Waals surface area contributed by atoms with Crippen LogP contribution in [0.15, 0.2) is 54.6 Å². The van der Waals surface area contributed by atoms with Crippen molar-refractivity contribution in [2.45, 2.75) is 0 Å². The highest BCUT2D eigenvalue weighted by Crippen LogP contribution is 2.17. The number of aromatic hydroxyl groups is 1. The van der Waals surface area contributed by atoms with Gasteiger partial charge in [-0.1, -0.05) is 30.3 Å². The first-order chi connectivity index (χ1) is 9.59. The Morgan fingerprint density at radius 3 is 2.35 bits per heavy atom. The summed E-state index contributed by atoms with van der Waals surface area (Å²) in [5.41, 5.74) is 0.810. The number of nitrogens with one attached hydrogen (secondary N) is 1. The van der Waals surface area contributed by atoms with Gasteiger partial charge < -0.3 is 10.4 Å². The molecule has 2 rings (SSSR count). The molecule has 4 N–H and O–H groups in total. The molecule has 0 saturated heterocycles. The predicted molar refractivity (Wildman–Crippen MR) is 81.1 cm³/mol. The van der Waals surface area contributed by atoms with Gasteiger partial charge in [0, 0.05) is 5.69 Å². The second-order valence-electron chi connectivity index (χ2n) is 3.99. The highest BCUT2D eigenvalue weighted by atomic mass is 32.1. The van der Waals surface area contributed by atoms with E-state index in [2.05, 4.69) is 5.32 Å². The first-order valence-electron chi connectivity index (χ1n) is 5.83. The van der Waals surface area contributed by atoms with Crippen LogP contribution in [0, 0.1) is 0 Å². The predicted octanol–water partition coefficient (Wildman–Crippen LogP) is 2.11. The molecule has 0 aliphatic carbocycles. The number of nitrogens with two attached hydrogens (primary N) is 1. The molecule has 102 valence electrons. The van der Waals surface area contributed by atoms with Gasteiger partial charge in [-0.2, -0.15) is 0 Å². The van der Waals surface area contributed by atoms with Gasteiger partial charge in [0.2, 0.25) is 0 Å². The maximum Gasteiger partial charge on any atom is 0.278 e. The largest absolute Gasteiger partial charge is 0.507 e. The fraction of sp³-hybridized carbons (Fsp3) is 0. The minimum atomic E-state index is -0.587. The molecular weight excluding hydrogens is 274 g/mol. The van der Waals surface area contributed by atoms with Crippen LogP contribution in [-0.2, 0) is 0 Å². The van der Waals surface area contributed by atoms with Crippen molar-refractivity contribution in [2.75, 3.05) is 5.32 Å². The van der Waals surface area contributed by atoms with Crippen LogP contribution < -0.4 is 11.2 Å². The van der Waals surface area contributed by atoms with E-state index in [9.17, 15) is 9.90 Å². The Labute approximate surface area is 121 Å². The van der Waals surface area contributed by atoms with E-state index in [0.29, 0.717) is 0 Å². The molecule has 0 saturated carbocycles. The number of para-hydroxylation sites is 2. The normalized spacial score (nSPS) is 9.85. The number of hydrazine groups is 1. The molecule has 2 aromatic rings. The monoisotopic (exact) mass is 287 g/mol. The Morgan fingerprint density at radius 2 is 1.70 bits per heavy atom. The average Bonchev–Trinajstić information content (AvgIpc) is 2.47. The van der Waals surface area contributed by atoms with Gasteiger partial charge in [-0.3, -0.25) is 4.79 Å². The highest BCUT2D eigenvalue weighted by molar-refractivity contribution is 7.80. The lowest BCUT2D eigenvalue weighted by molar-refractivity contribution is 0.0846. The molecule has 2 aromatic carbocycles. The summed E-state index contributed by atoms with van der Waals surface area (Å²) in [5.74, 6) is 4.95. The zero-order valence-corrected chi connectivity index (χ0v) is 11.3. The van der Waals surface area contributed by atoms with E-state index in [0.717, 1.165) is 10.7 Å². The number of anilines is 1. The number of carbonyl (C=O) groups is 1. The van der Waals surface area contributed by atoms with Crippen molar-refractivity contribution in [3.63, 3.8) is 0 Å². The Morgan fingerprint density at radius 1 is 1.10 bits per heavy atom. The minimum Gasteiger partial charge on any atom is -0.507 e. The third kappa shape index (κ3) is 3.11. The summed E-state index contributed by atoms with van der Waals surface area (Å²) < 4.78 is 0. The number of thiocarbonyl (C=S) groups is 1. The summed E-state index contributed by atoms with van der Waals surface area (Å²) in [6.07, 6.45) is 0. The molecule has 0 heterocycles. The number of hydrogen-bond acceptors (Lipinski definition) is 4. The van der Waals surface area contributed by atoms with Crippen molar-refractivity contribution in [2.24, 2.45) is 5.84 Å². The third-order valence-electron chi connectivity index (χ3n) is 2.60. The highest BCUT2D eigenvalue weighted by Gasteiger charge is 2.19. The van der Waals surface area contributed by atoms with Crippen molar-refractivity contribution in [3.8, 4) is 5.75 Å². The van der Waals surface area contributed by atoms with E-state index >= 15 is 0 Å². The summed E-state index contributed by atoms with van der Waals surface area (Å²) in [5, 5.41) is 13.3. The fourth-order valence-electron chi connectivity index (χ4n) is 1.58. The van der Waals surface area contributed by atoms with Crippen molar-refractivity contribution >= 4 is 28.9 Å². The van der Waals surface area contributed by atoms with Crippen LogP contribution in [0.25, 0.3) is 0 Å². The van der Waals surface area contributed by atoms with E-state index < -0.39 is 5.91 Å². The zero-order valence-electron chi connectivity index (χ0n) is 10.5. The molecule has 0 aliphatic rings. The van der Waals surface area contributed by atoms with Crippen LogP contribution >= 0.6 is 12.2 Å². The lowest BCUT2D eigenvalue weighted by Gasteiger charge is -2.19. The number of phenols is 1. The van der Waals surface area contributed by atoms with Crippen LogP contribution in [0.2, 0.25) is 0 Å². The Bertz CT molecular complexity index is 631. The van der Waals surface area contributed by atoms with Gasteiger partial charge in [0.05, 0.1) is 5.56 Å². The Hall–Kier alpha value is -2.44. The molecule has 0 radical (unpaired) electrons. The van der Waals surface area contributed by atoms with Crippen molar-refractivity contribution in [3.05, 3.63) is 60.2 Å². The van der Waals surface area contributed by atoms with E-state index in [1.807, 2.05) is 18.2 Å². The maximum atomic E-state index is 12.1. The molecule has 0 spiro atoms. The van der Waals surface area contributed by atoms with Gasteiger partial charge in [0.25, 0.3) is 5.91 Å². The van der Waals surface area contributed by atoms with E-state index in [1.165, 1.54) is 12.1 Å². The van der Waals surface area contributed by atoms with Crippen molar-refractivity contribution < 1.29 is 9.90 Å². The van der Waals surface area contributed by atoms with Gasteiger partial charge in [-0.15, -0.1) is 0 Å². The van der Waals surface area contributed by atoms with Crippen LogP contribution in [0.4, 0.5) is 5.69 Å². The summed E-state index contributed by atoms with van der Waals surface area (Å²) in [6, 6.07) is 15.3. The van der Waals surface area contributed by atoms with Crippen LogP contribution in [0.3, 0.4) is 0 Å².